The van der Waals surface area contributed by atoms with Crippen LogP contribution in [0.1, 0.15) is 44.9 Å². The second kappa shape index (κ2) is 5.26. The molecular weight excluding hydrogens is 240 g/mol. The maximum absolute atomic E-state index is 11.4. The number of carbonyl (C=O) groups is 1. The highest BCUT2D eigenvalue weighted by molar-refractivity contribution is 5.88. The van der Waals surface area contributed by atoms with E-state index in [0.717, 1.165) is 12.8 Å². The zero-order chi connectivity index (χ0) is 13.4. The summed E-state index contributed by atoms with van der Waals surface area (Å²) < 4.78 is 0. The predicted molar refractivity (Wildman–Crippen MR) is 71.1 cm³/mol. The largest absolute Gasteiger partial charge is 0.392 e. The van der Waals surface area contributed by atoms with Crippen molar-refractivity contribution in [3.63, 3.8) is 0 Å². The van der Waals surface area contributed by atoms with E-state index in [9.17, 15) is 15.0 Å². The van der Waals surface area contributed by atoms with Crippen LogP contribution in [-0.2, 0) is 4.79 Å². The summed E-state index contributed by atoms with van der Waals surface area (Å²) in [4.78, 5) is 11.4. The van der Waals surface area contributed by atoms with E-state index in [1.54, 1.807) is 0 Å². The third kappa shape index (κ3) is 2.44. The van der Waals surface area contributed by atoms with Gasteiger partial charge in [-0.05, 0) is 31.1 Å². The van der Waals surface area contributed by atoms with Gasteiger partial charge in [-0.15, -0.1) is 0 Å². The molecule has 3 aliphatic rings. The number of hydrogen-bond donors (Lipinski definition) is 2. The lowest BCUT2D eigenvalue weighted by Gasteiger charge is -2.30. The Morgan fingerprint density at radius 3 is 2.58 bits per heavy atom. The van der Waals surface area contributed by atoms with Crippen molar-refractivity contribution in [3.8, 4) is 11.8 Å². The Morgan fingerprint density at radius 2 is 1.95 bits per heavy atom. The molecule has 0 heterocycles. The fraction of sp³-hybridized carbons (Fsp3) is 0.812. The minimum absolute atomic E-state index is 0.0427. The van der Waals surface area contributed by atoms with Gasteiger partial charge in [0.05, 0.1) is 12.0 Å². The Kier molecular flexibility index (Phi) is 3.64. The lowest BCUT2D eigenvalue weighted by molar-refractivity contribution is -0.133. The van der Waals surface area contributed by atoms with Crippen LogP contribution in [0, 0.1) is 35.5 Å². The molecule has 0 aromatic carbocycles. The lowest BCUT2D eigenvalue weighted by atomic mass is 9.71. The van der Waals surface area contributed by atoms with Crippen LogP contribution in [0.2, 0.25) is 0 Å². The number of ketones is 1. The van der Waals surface area contributed by atoms with Crippen molar-refractivity contribution in [2.45, 2.75) is 57.2 Å². The Morgan fingerprint density at radius 1 is 1.21 bits per heavy atom. The normalized spacial score (nSPS) is 40.0. The molecular formula is C16H22O3. The minimum Gasteiger partial charge on any atom is -0.392 e. The van der Waals surface area contributed by atoms with Crippen LogP contribution in [0.15, 0.2) is 0 Å². The van der Waals surface area contributed by atoms with Gasteiger partial charge < -0.3 is 10.2 Å². The molecule has 3 rings (SSSR count). The van der Waals surface area contributed by atoms with Crippen molar-refractivity contribution in [2.24, 2.45) is 23.7 Å². The highest BCUT2D eigenvalue weighted by Crippen LogP contribution is 2.47. The van der Waals surface area contributed by atoms with E-state index in [1.807, 2.05) is 0 Å². The van der Waals surface area contributed by atoms with Crippen LogP contribution in [-0.4, -0.2) is 28.2 Å². The number of rotatable bonds is 1. The summed E-state index contributed by atoms with van der Waals surface area (Å²) in [5.74, 6) is 6.81. The van der Waals surface area contributed by atoms with Gasteiger partial charge in [-0.1, -0.05) is 31.1 Å². The average molecular weight is 262 g/mol. The van der Waals surface area contributed by atoms with E-state index < -0.39 is 12.2 Å². The lowest BCUT2D eigenvalue weighted by Crippen LogP contribution is -2.35. The van der Waals surface area contributed by atoms with Crippen molar-refractivity contribution in [1.29, 1.82) is 0 Å². The van der Waals surface area contributed by atoms with Gasteiger partial charge in [-0.25, -0.2) is 0 Å². The molecule has 0 bridgehead atoms. The summed E-state index contributed by atoms with van der Waals surface area (Å²) in [6, 6.07) is 0. The third-order valence-electron chi connectivity index (χ3n) is 5.23. The van der Waals surface area contributed by atoms with Crippen LogP contribution in [0.25, 0.3) is 0 Å². The highest BCUT2D eigenvalue weighted by atomic mass is 16.3. The van der Waals surface area contributed by atoms with Gasteiger partial charge >= 0.3 is 0 Å². The molecule has 0 spiro atoms. The van der Waals surface area contributed by atoms with Crippen molar-refractivity contribution in [3.05, 3.63) is 0 Å². The average Bonchev–Trinajstić information content (AvgIpc) is 2.69. The first-order valence-electron chi connectivity index (χ1n) is 7.56. The Labute approximate surface area is 114 Å². The number of Topliss-reactive ketones (excluding diaryl/α,β-unsaturated/α-hetero) is 1. The van der Waals surface area contributed by atoms with E-state index in [4.69, 9.17) is 0 Å². The number of hydrogen-bond acceptors (Lipinski definition) is 3. The summed E-state index contributed by atoms with van der Waals surface area (Å²) in [5, 5.41) is 20.1. The number of carbonyl (C=O) groups excluding carboxylic acids is 1. The maximum Gasteiger partial charge on any atom is 0.136 e. The van der Waals surface area contributed by atoms with E-state index >= 15 is 0 Å². The molecule has 0 saturated heterocycles. The van der Waals surface area contributed by atoms with Crippen molar-refractivity contribution >= 4 is 5.78 Å². The number of aliphatic hydroxyl groups excluding tert-OH is 2. The van der Waals surface area contributed by atoms with E-state index in [1.165, 1.54) is 19.3 Å². The molecule has 0 radical (unpaired) electrons. The molecule has 5 atom stereocenters. The fourth-order valence-corrected chi connectivity index (χ4v) is 3.93. The highest BCUT2D eigenvalue weighted by Gasteiger charge is 2.52. The molecule has 2 N–H and O–H groups in total. The van der Waals surface area contributed by atoms with Crippen molar-refractivity contribution in [2.75, 3.05) is 0 Å². The molecule has 3 nitrogen and oxygen atoms in total. The molecule has 3 saturated carbocycles. The second-order valence-electron chi connectivity index (χ2n) is 6.40. The smallest absolute Gasteiger partial charge is 0.136 e. The maximum atomic E-state index is 11.4. The van der Waals surface area contributed by atoms with E-state index in [-0.39, 0.29) is 23.5 Å². The van der Waals surface area contributed by atoms with Crippen molar-refractivity contribution < 1.29 is 15.0 Å². The van der Waals surface area contributed by atoms with E-state index in [0.29, 0.717) is 18.8 Å². The quantitative estimate of drug-likeness (QED) is 0.704. The number of aliphatic hydroxyl groups is 2. The number of fused-ring (bicyclic) bond motifs is 1. The first-order chi connectivity index (χ1) is 9.16. The van der Waals surface area contributed by atoms with Gasteiger partial charge in [0.25, 0.3) is 0 Å². The van der Waals surface area contributed by atoms with Gasteiger partial charge in [-0.2, -0.15) is 0 Å². The molecule has 3 heteroatoms. The van der Waals surface area contributed by atoms with Gasteiger partial charge in [0.1, 0.15) is 11.9 Å². The van der Waals surface area contributed by atoms with Crippen LogP contribution in [0.5, 0.6) is 0 Å². The standard InChI is InChI=1S/C16H22O3/c17-14(10-4-2-1-3-5-10)7-6-11-12-8-16(19)13(12)9-15(11)18/h10-15,17-18H,1-5,8-9H2. The fourth-order valence-electron chi connectivity index (χ4n) is 3.93. The summed E-state index contributed by atoms with van der Waals surface area (Å²) in [6.07, 6.45) is 5.88. The molecule has 5 unspecified atom stereocenters. The third-order valence-corrected chi connectivity index (χ3v) is 5.23. The summed E-state index contributed by atoms with van der Waals surface area (Å²) in [6.45, 7) is 0. The Balaban J connectivity index is 1.61. The zero-order valence-corrected chi connectivity index (χ0v) is 11.2. The van der Waals surface area contributed by atoms with Crippen LogP contribution in [0.4, 0.5) is 0 Å². The molecule has 0 aliphatic heterocycles. The second-order valence-corrected chi connectivity index (χ2v) is 6.40. The predicted octanol–water partition coefficient (Wildman–Crippen LogP) is 1.52. The minimum atomic E-state index is -0.553. The first kappa shape index (κ1) is 13.1. The van der Waals surface area contributed by atoms with Gasteiger partial charge in [0.2, 0.25) is 0 Å². The van der Waals surface area contributed by atoms with Gasteiger partial charge in [-0.3, -0.25) is 4.79 Å². The molecule has 0 aromatic heterocycles. The zero-order valence-electron chi connectivity index (χ0n) is 11.2. The molecule has 19 heavy (non-hydrogen) atoms. The topological polar surface area (TPSA) is 57.5 Å². The molecule has 3 fully saturated rings. The summed E-state index contributed by atoms with van der Waals surface area (Å²) in [7, 11) is 0. The molecule has 0 amide bonds. The van der Waals surface area contributed by atoms with Crippen LogP contribution >= 0.6 is 0 Å². The first-order valence-corrected chi connectivity index (χ1v) is 7.56. The van der Waals surface area contributed by atoms with Crippen molar-refractivity contribution in [1.82, 2.24) is 0 Å². The van der Waals surface area contributed by atoms with Gasteiger partial charge in [0, 0.05) is 12.3 Å². The van der Waals surface area contributed by atoms with Gasteiger partial charge in [0.15, 0.2) is 0 Å². The Bertz CT molecular complexity index is 413. The summed E-state index contributed by atoms with van der Waals surface area (Å²) in [5.41, 5.74) is 0. The van der Waals surface area contributed by atoms with E-state index in [2.05, 4.69) is 11.8 Å². The monoisotopic (exact) mass is 262 g/mol. The summed E-state index contributed by atoms with van der Waals surface area (Å²) >= 11 is 0. The van der Waals surface area contributed by atoms with Crippen LogP contribution in [0.3, 0.4) is 0 Å². The molecule has 104 valence electrons. The SMILES string of the molecule is O=C1CC2C1CC(O)C2C#CC(O)C1CCCCC1. The van der Waals surface area contributed by atoms with Crippen LogP contribution < -0.4 is 0 Å². The Hall–Kier alpha value is -0.850. The molecule has 3 aliphatic carbocycles. The molecule has 0 aromatic rings.